The molecule has 194 valence electrons. The molecular formula is C25H37FN4O5. The third-order valence-corrected chi connectivity index (χ3v) is 8.70. The molecule has 2 aliphatic carbocycles. The first-order valence-electron chi connectivity index (χ1n) is 13.2. The quantitative estimate of drug-likeness (QED) is 0.474. The van der Waals surface area contributed by atoms with Gasteiger partial charge in [-0.1, -0.05) is 26.2 Å². The minimum atomic E-state index is -1.37. The van der Waals surface area contributed by atoms with Crippen LogP contribution in [-0.4, -0.2) is 87.8 Å². The van der Waals surface area contributed by atoms with Crippen LogP contribution in [0.5, 0.6) is 0 Å². The van der Waals surface area contributed by atoms with Crippen LogP contribution < -0.4 is 11.1 Å². The molecule has 1 amide bonds. The van der Waals surface area contributed by atoms with Crippen molar-refractivity contribution < 1.29 is 28.6 Å². The molecule has 2 saturated heterocycles. The summed E-state index contributed by atoms with van der Waals surface area (Å²) in [5, 5.41) is 12.7. The molecule has 0 aromatic heterocycles. The van der Waals surface area contributed by atoms with Crippen molar-refractivity contribution in [1.82, 2.24) is 15.1 Å². The van der Waals surface area contributed by atoms with Crippen LogP contribution in [0.4, 0.5) is 4.39 Å². The van der Waals surface area contributed by atoms with Crippen molar-refractivity contribution in [1.29, 1.82) is 0 Å². The van der Waals surface area contributed by atoms with Crippen molar-refractivity contribution in [3.63, 3.8) is 0 Å². The van der Waals surface area contributed by atoms with E-state index in [2.05, 4.69) is 5.32 Å². The van der Waals surface area contributed by atoms with Crippen molar-refractivity contribution in [2.45, 2.75) is 113 Å². The molecule has 0 aromatic rings. The molecule has 5 aliphatic rings. The minimum Gasteiger partial charge on any atom is -0.478 e. The molecule has 9 unspecified atom stereocenters. The predicted octanol–water partition coefficient (Wildman–Crippen LogP) is 1.31. The number of nitrogens with two attached hydrogens (primary N) is 1. The van der Waals surface area contributed by atoms with Gasteiger partial charge in [0.15, 0.2) is 5.78 Å². The number of carbonyl (C=O) groups is 3. The summed E-state index contributed by atoms with van der Waals surface area (Å²) in [6, 6.07) is -1.63. The number of nitrogens with zero attached hydrogens (tertiary/aromatic N) is 2. The number of carboxylic acid groups (broad SMARTS) is 1. The number of halogens is 1. The summed E-state index contributed by atoms with van der Waals surface area (Å²) in [7, 11) is 0. The maximum absolute atomic E-state index is 16.0. The monoisotopic (exact) mass is 492 g/mol. The highest BCUT2D eigenvalue weighted by Crippen LogP contribution is 2.47. The van der Waals surface area contributed by atoms with Gasteiger partial charge in [-0.15, -0.1) is 0 Å². The van der Waals surface area contributed by atoms with Gasteiger partial charge in [-0.05, 0) is 38.5 Å². The Kier molecular flexibility index (Phi) is 6.89. The summed E-state index contributed by atoms with van der Waals surface area (Å²) in [6.45, 7) is 2.59. The number of rotatable bonds is 6. The first-order valence-corrected chi connectivity index (χ1v) is 13.2. The second-order valence-corrected chi connectivity index (χ2v) is 10.8. The van der Waals surface area contributed by atoms with E-state index in [1.165, 1.54) is 6.20 Å². The number of amides is 1. The summed E-state index contributed by atoms with van der Waals surface area (Å²) in [6.07, 6.45) is 5.65. The molecule has 0 bridgehead atoms. The first-order chi connectivity index (χ1) is 16.8. The van der Waals surface area contributed by atoms with E-state index in [0.29, 0.717) is 19.4 Å². The Hall–Kier alpha value is -2.04. The number of ether oxygens (including phenoxy) is 1. The Bertz CT molecular complexity index is 899. The van der Waals surface area contributed by atoms with Crippen LogP contribution in [-0.2, 0) is 19.1 Å². The molecule has 4 N–H and O–H groups in total. The number of ketones is 1. The topological polar surface area (TPSA) is 125 Å². The molecule has 9 nitrogen and oxygen atoms in total. The highest BCUT2D eigenvalue weighted by atomic mass is 19.1. The lowest BCUT2D eigenvalue weighted by Gasteiger charge is -2.60. The predicted molar refractivity (Wildman–Crippen MR) is 125 cm³/mol. The lowest BCUT2D eigenvalue weighted by Crippen LogP contribution is -2.73. The van der Waals surface area contributed by atoms with Crippen molar-refractivity contribution in [2.75, 3.05) is 6.54 Å². The second kappa shape index (κ2) is 9.78. The molecule has 0 radical (unpaired) electrons. The number of likely N-dealkylation sites (tertiary alicyclic amines) is 1. The molecule has 10 heteroatoms. The van der Waals surface area contributed by atoms with Crippen molar-refractivity contribution in [2.24, 2.45) is 11.7 Å². The molecule has 0 spiro atoms. The van der Waals surface area contributed by atoms with Crippen molar-refractivity contribution in [3.8, 4) is 0 Å². The number of hydrogen-bond acceptors (Lipinski definition) is 7. The second-order valence-electron chi connectivity index (χ2n) is 10.8. The normalized spacial score (nSPS) is 39.9. The van der Waals surface area contributed by atoms with Crippen LogP contribution in [0.15, 0.2) is 11.8 Å². The van der Waals surface area contributed by atoms with Gasteiger partial charge in [-0.3, -0.25) is 14.5 Å². The zero-order valence-corrected chi connectivity index (χ0v) is 20.3. The Morgan fingerprint density at radius 3 is 2.77 bits per heavy atom. The Morgan fingerprint density at radius 2 is 2.03 bits per heavy atom. The van der Waals surface area contributed by atoms with Crippen molar-refractivity contribution >= 4 is 17.7 Å². The van der Waals surface area contributed by atoms with Gasteiger partial charge < -0.3 is 25.8 Å². The molecule has 2 saturated carbocycles. The van der Waals surface area contributed by atoms with Gasteiger partial charge in [0.25, 0.3) is 0 Å². The average molecular weight is 493 g/mol. The SMILES string of the molecule is CCCC(N)C(=O)NC1CCCN1C1C(F)CC2C(=O)C(C(=O)O)=CN3C4CCCCC4OC1C23. The number of Topliss-reactive ketones (excluding diaryl/α,β-unsaturated/α-hetero) is 1. The number of carbonyl (C=O) groups excluding carboxylic acids is 2. The van der Waals surface area contributed by atoms with E-state index in [9.17, 15) is 19.5 Å². The summed E-state index contributed by atoms with van der Waals surface area (Å²) < 4.78 is 22.6. The van der Waals surface area contributed by atoms with Crippen LogP contribution in [0.1, 0.15) is 64.7 Å². The number of aliphatic carboxylic acids is 1. The molecule has 0 aromatic carbocycles. The van der Waals surface area contributed by atoms with Crippen LogP contribution in [0.25, 0.3) is 0 Å². The number of carboxylic acids is 1. The molecule has 9 atom stereocenters. The first kappa shape index (κ1) is 24.6. The van der Waals surface area contributed by atoms with E-state index >= 15 is 4.39 Å². The van der Waals surface area contributed by atoms with Crippen LogP contribution in [0.3, 0.4) is 0 Å². The Labute approximate surface area is 205 Å². The summed E-state index contributed by atoms with van der Waals surface area (Å²) in [4.78, 5) is 41.7. The minimum absolute atomic E-state index is 0.00659. The standard InChI is InChI=1S/C25H37FN4O5/c1-2-6-16(27)24(32)28-19-9-5-10-29(19)21-15(26)11-13-20-23(21)35-18-8-4-3-7-17(18)30(20)12-14(22(13)31)25(33)34/h12-13,15-21,23H,2-11,27H2,1H3,(H,28,32)(H,33,34). The smallest absolute Gasteiger partial charge is 0.340 e. The van der Waals surface area contributed by atoms with E-state index in [0.717, 1.165) is 38.5 Å². The molecule has 4 fully saturated rings. The van der Waals surface area contributed by atoms with Gasteiger partial charge in [-0.2, -0.15) is 0 Å². The molecule has 3 aliphatic heterocycles. The average Bonchev–Trinajstić information content (AvgIpc) is 3.27. The number of morpholine rings is 1. The van der Waals surface area contributed by atoms with Gasteiger partial charge in [0.2, 0.25) is 5.91 Å². The van der Waals surface area contributed by atoms with E-state index in [1.54, 1.807) is 0 Å². The fraction of sp³-hybridized carbons (Fsp3) is 0.800. The lowest BCUT2D eigenvalue weighted by molar-refractivity contribution is -0.213. The summed E-state index contributed by atoms with van der Waals surface area (Å²) in [5.74, 6) is -2.74. The fourth-order valence-electron chi connectivity index (χ4n) is 7.12. The van der Waals surface area contributed by atoms with E-state index in [1.807, 2.05) is 16.7 Å². The molecular weight excluding hydrogens is 455 g/mol. The zero-order chi connectivity index (χ0) is 24.9. The Morgan fingerprint density at radius 1 is 1.26 bits per heavy atom. The van der Waals surface area contributed by atoms with Gasteiger partial charge >= 0.3 is 5.97 Å². The van der Waals surface area contributed by atoms with Crippen LogP contribution in [0.2, 0.25) is 0 Å². The molecule has 35 heavy (non-hydrogen) atoms. The van der Waals surface area contributed by atoms with Gasteiger partial charge in [0.1, 0.15) is 11.7 Å². The Balaban J connectivity index is 1.46. The molecule has 3 heterocycles. The summed E-state index contributed by atoms with van der Waals surface area (Å²) in [5.41, 5.74) is 5.77. The number of fused-ring (bicyclic) bond motifs is 2. The summed E-state index contributed by atoms with van der Waals surface area (Å²) >= 11 is 0. The lowest BCUT2D eigenvalue weighted by atomic mass is 9.69. The maximum atomic E-state index is 16.0. The highest BCUT2D eigenvalue weighted by Gasteiger charge is 2.60. The third kappa shape index (κ3) is 4.27. The maximum Gasteiger partial charge on any atom is 0.340 e. The van der Waals surface area contributed by atoms with Gasteiger partial charge in [0.05, 0.1) is 42.5 Å². The van der Waals surface area contributed by atoms with E-state index in [-0.39, 0.29) is 36.2 Å². The van der Waals surface area contributed by atoms with Gasteiger partial charge in [0, 0.05) is 18.7 Å². The zero-order valence-electron chi connectivity index (χ0n) is 20.3. The van der Waals surface area contributed by atoms with Crippen molar-refractivity contribution in [3.05, 3.63) is 11.8 Å². The number of alkyl halides is 1. The van der Waals surface area contributed by atoms with E-state index < -0.39 is 48.1 Å². The van der Waals surface area contributed by atoms with E-state index in [4.69, 9.17) is 10.5 Å². The number of hydrogen-bond donors (Lipinski definition) is 3. The third-order valence-electron chi connectivity index (χ3n) is 8.70. The largest absolute Gasteiger partial charge is 0.478 e. The van der Waals surface area contributed by atoms with Crippen LogP contribution >= 0.6 is 0 Å². The number of nitrogens with one attached hydrogen (secondary N) is 1. The van der Waals surface area contributed by atoms with Crippen LogP contribution in [0, 0.1) is 5.92 Å². The molecule has 5 rings (SSSR count). The fourth-order valence-corrected chi connectivity index (χ4v) is 7.12. The van der Waals surface area contributed by atoms with Gasteiger partial charge in [-0.25, -0.2) is 9.18 Å². The highest BCUT2D eigenvalue weighted by molar-refractivity contribution is 6.18.